The third-order valence-corrected chi connectivity index (χ3v) is 4.83. The highest BCUT2D eigenvalue weighted by atomic mass is 35.5. The topological polar surface area (TPSA) is 104 Å². The maximum atomic E-state index is 12.5. The number of hydrogen-bond acceptors (Lipinski definition) is 7. The number of carbonyl (C=O) groups is 2. The number of esters is 1. The van der Waals surface area contributed by atoms with E-state index in [1.807, 2.05) is 6.92 Å². The maximum absolute atomic E-state index is 12.5. The smallest absolute Gasteiger partial charge is 0.339 e. The normalized spacial score (nSPS) is 11.6. The summed E-state index contributed by atoms with van der Waals surface area (Å²) in [6, 6.07) is 7.90. The predicted molar refractivity (Wildman–Crippen MR) is 115 cm³/mol. The molecule has 3 rings (SSSR count). The minimum atomic E-state index is -1.09. The average molecular weight is 464 g/mol. The number of aromatic nitrogens is 2. The van der Waals surface area contributed by atoms with E-state index in [0.717, 1.165) is 11.3 Å². The summed E-state index contributed by atoms with van der Waals surface area (Å²) >= 11 is 11.8. The summed E-state index contributed by atoms with van der Waals surface area (Å²) in [5.41, 5.74) is 1.81. The molecule has 1 aromatic carbocycles. The second-order valence-corrected chi connectivity index (χ2v) is 7.48. The fourth-order valence-corrected chi connectivity index (χ4v) is 3.01. The van der Waals surface area contributed by atoms with E-state index < -0.39 is 18.0 Å². The van der Waals surface area contributed by atoms with E-state index >= 15 is 0 Å². The third kappa shape index (κ3) is 5.74. The van der Waals surface area contributed by atoms with Gasteiger partial charge in [-0.1, -0.05) is 34.4 Å². The van der Waals surface area contributed by atoms with Gasteiger partial charge in [0.2, 0.25) is 0 Å². The molecule has 1 atom stereocenters. The van der Waals surface area contributed by atoms with Crippen LogP contribution < -0.4 is 10.1 Å². The van der Waals surface area contributed by atoms with E-state index in [1.165, 1.54) is 25.3 Å². The van der Waals surface area contributed by atoms with Crippen LogP contribution in [-0.4, -0.2) is 28.1 Å². The number of hydrogen-bond donors (Lipinski definition) is 1. The van der Waals surface area contributed by atoms with Crippen LogP contribution in [0.15, 0.2) is 41.1 Å². The molecule has 0 aliphatic carbocycles. The van der Waals surface area contributed by atoms with Crippen LogP contribution in [0.25, 0.3) is 0 Å². The minimum Gasteiger partial charge on any atom is -0.489 e. The minimum absolute atomic E-state index is 0.119. The fraction of sp³-hybridized carbons (Fsp3) is 0.238. The van der Waals surface area contributed by atoms with Crippen molar-refractivity contribution in [3.05, 3.63) is 69.2 Å². The van der Waals surface area contributed by atoms with Crippen LogP contribution >= 0.6 is 23.2 Å². The second-order valence-electron chi connectivity index (χ2n) is 6.64. The van der Waals surface area contributed by atoms with Gasteiger partial charge in [-0.3, -0.25) is 4.79 Å². The number of nitrogens with zero attached hydrogens (tertiary/aromatic N) is 2. The first-order valence-corrected chi connectivity index (χ1v) is 9.97. The van der Waals surface area contributed by atoms with Crippen LogP contribution in [0, 0.1) is 13.8 Å². The molecular formula is C21H19Cl2N3O5. The van der Waals surface area contributed by atoms with Gasteiger partial charge >= 0.3 is 5.97 Å². The van der Waals surface area contributed by atoms with E-state index in [4.69, 9.17) is 37.2 Å². The number of amides is 1. The highest BCUT2D eigenvalue weighted by Crippen LogP contribution is 2.23. The van der Waals surface area contributed by atoms with Crippen molar-refractivity contribution in [3.8, 4) is 5.75 Å². The third-order valence-electron chi connectivity index (χ3n) is 4.34. The number of rotatable bonds is 7. The Labute approximate surface area is 188 Å². The Morgan fingerprint density at radius 1 is 1.23 bits per heavy atom. The lowest BCUT2D eigenvalue weighted by Crippen LogP contribution is -2.30. The van der Waals surface area contributed by atoms with Gasteiger partial charge in [0.25, 0.3) is 5.91 Å². The highest BCUT2D eigenvalue weighted by molar-refractivity contribution is 6.36. The van der Waals surface area contributed by atoms with E-state index in [1.54, 1.807) is 25.1 Å². The van der Waals surface area contributed by atoms with Gasteiger partial charge in [-0.05, 0) is 45.0 Å². The molecule has 3 aromatic rings. The molecule has 0 bridgehead atoms. The Hall–Kier alpha value is -3.10. The number of anilines is 1. The Morgan fingerprint density at radius 3 is 2.68 bits per heavy atom. The molecular weight excluding hydrogens is 445 g/mol. The number of ether oxygens (including phenoxy) is 2. The lowest BCUT2D eigenvalue weighted by Gasteiger charge is -2.14. The summed E-state index contributed by atoms with van der Waals surface area (Å²) < 4.78 is 16.1. The Morgan fingerprint density at radius 2 is 2.00 bits per heavy atom. The van der Waals surface area contributed by atoms with E-state index in [0.29, 0.717) is 16.5 Å². The summed E-state index contributed by atoms with van der Waals surface area (Å²) in [4.78, 5) is 28.7. The first-order valence-electron chi connectivity index (χ1n) is 9.22. The molecule has 10 heteroatoms. The summed E-state index contributed by atoms with van der Waals surface area (Å²) in [5, 5.41) is 6.87. The van der Waals surface area contributed by atoms with Gasteiger partial charge < -0.3 is 19.3 Å². The van der Waals surface area contributed by atoms with Crippen molar-refractivity contribution >= 4 is 40.9 Å². The van der Waals surface area contributed by atoms with Gasteiger partial charge in [-0.15, -0.1) is 0 Å². The lowest BCUT2D eigenvalue weighted by molar-refractivity contribution is -0.123. The van der Waals surface area contributed by atoms with Crippen molar-refractivity contribution in [1.29, 1.82) is 0 Å². The van der Waals surface area contributed by atoms with Crippen LogP contribution in [0.2, 0.25) is 10.0 Å². The molecule has 0 radical (unpaired) electrons. The molecule has 2 aromatic heterocycles. The van der Waals surface area contributed by atoms with Crippen molar-refractivity contribution in [2.24, 2.45) is 0 Å². The first-order chi connectivity index (χ1) is 14.7. The van der Waals surface area contributed by atoms with E-state index in [-0.39, 0.29) is 23.0 Å². The van der Waals surface area contributed by atoms with Gasteiger partial charge in [0.15, 0.2) is 11.9 Å². The monoisotopic (exact) mass is 463 g/mol. The number of halogens is 2. The molecule has 31 heavy (non-hydrogen) atoms. The summed E-state index contributed by atoms with van der Waals surface area (Å²) in [6.07, 6.45) is 0.251. The zero-order valence-electron chi connectivity index (χ0n) is 16.9. The molecule has 2 heterocycles. The van der Waals surface area contributed by atoms with Crippen LogP contribution in [0.5, 0.6) is 5.75 Å². The Bertz CT molecular complexity index is 1100. The van der Waals surface area contributed by atoms with Crippen molar-refractivity contribution in [1.82, 2.24) is 10.1 Å². The van der Waals surface area contributed by atoms with E-state index in [9.17, 15) is 9.59 Å². The molecule has 0 saturated carbocycles. The summed E-state index contributed by atoms with van der Waals surface area (Å²) in [6.45, 7) is 5.30. The van der Waals surface area contributed by atoms with E-state index in [2.05, 4.69) is 15.5 Å². The number of benzene rings is 1. The molecule has 1 N–H and O–H groups in total. The molecule has 0 aliphatic heterocycles. The Balaban J connectivity index is 1.60. The van der Waals surface area contributed by atoms with Gasteiger partial charge in [0, 0.05) is 6.20 Å². The molecule has 0 unspecified atom stereocenters. The van der Waals surface area contributed by atoms with Crippen molar-refractivity contribution in [2.45, 2.75) is 33.5 Å². The van der Waals surface area contributed by atoms with Crippen molar-refractivity contribution < 1.29 is 23.6 Å². The summed E-state index contributed by atoms with van der Waals surface area (Å²) in [7, 11) is 0. The highest BCUT2D eigenvalue weighted by Gasteiger charge is 2.21. The van der Waals surface area contributed by atoms with Crippen LogP contribution in [0.1, 0.15) is 34.3 Å². The average Bonchev–Trinajstić information content (AvgIpc) is 3.06. The molecule has 8 nitrogen and oxygen atoms in total. The summed E-state index contributed by atoms with van der Waals surface area (Å²) in [5.74, 6) is -0.0166. The molecule has 0 fully saturated rings. The standard InChI is InChI=1S/C21H19Cl2N3O5/c1-11-17(12(2)31-26-11)10-29-16-6-4-5-14(7-16)21(28)30-13(3)20(27)25-19-18(23)8-15(22)9-24-19/h4-9,13H,10H2,1-3H3,(H,24,25,27)/t13-/m0/s1. The number of pyridine rings is 1. The largest absolute Gasteiger partial charge is 0.489 e. The predicted octanol–water partition coefficient (Wildman–Crippen LogP) is 4.76. The van der Waals surface area contributed by atoms with Crippen LogP contribution in [0.4, 0.5) is 5.82 Å². The van der Waals surface area contributed by atoms with Gasteiger partial charge in [-0.25, -0.2) is 9.78 Å². The molecule has 0 saturated heterocycles. The number of nitrogens with one attached hydrogen (secondary N) is 1. The maximum Gasteiger partial charge on any atom is 0.339 e. The van der Waals surface area contributed by atoms with Gasteiger partial charge in [0.05, 0.1) is 26.9 Å². The van der Waals surface area contributed by atoms with Crippen molar-refractivity contribution in [3.63, 3.8) is 0 Å². The molecule has 162 valence electrons. The second kappa shape index (κ2) is 9.80. The van der Waals surface area contributed by atoms with Gasteiger partial charge in [-0.2, -0.15) is 0 Å². The first kappa shape index (κ1) is 22.6. The van der Waals surface area contributed by atoms with Crippen molar-refractivity contribution in [2.75, 3.05) is 5.32 Å². The molecule has 0 aliphatic rings. The van der Waals surface area contributed by atoms with Gasteiger partial charge in [0.1, 0.15) is 18.1 Å². The van der Waals surface area contributed by atoms with Crippen LogP contribution in [-0.2, 0) is 16.1 Å². The zero-order chi connectivity index (χ0) is 22.5. The SMILES string of the molecule is Cc1noc(C)c1COc1cccc(C(=O)O[C@@H](C)C(=O)Nc2ncc(Cl)cc2Cl)c1. The lowest BCUT2D eigenvalue weighted by atomic mass is 10.2. The zero-order valence-corrected chi connectivity index (χ0v) is 18.5. The fourth-order valence-electron chi connectivity index (χ4n) is 2.58. The Kier molecular flexibility index (Phi) is 7.14. The van der Waals surface area contributed by atoms with Crippen LogP contribution in [0.3, 0.4) is 0 Å². The molecule has 1 amide bonds. The number of carbonyl (C=O) groups excluding carboxylic acids is 2. The number of aryl methyl sites for hydroxylation is 2. The quantitative estimate of drug-likeness (QED) is 0.503. The molecule has 0 spiro atoms.